The molecule has 0 saturated carbocycles. The molecule has 0 fully saturated rings. The summed E-state index contributed by atoms with van der Waals surface area (Å²) in [5.74, 6) is 3.03. The van der Waals surface area contributed by atoms with Crippen molar-refractivity contribution in [1.29, 1.82) is 0 Å². The van der Waals surface area contributed by atoms with Crippen LogP contribution in [0.3, 0.4) is 0 Å². The molecule has 0 unspecified atom stereocenters. The van der Waals surface area contributed by atoms with E-state index < -0.39 is 0 Å². The molecular formula is C25H22N2O2. The molecule has 29 heavy (non-hydrogen) atoms. The molecular weight excluding hydrogens is 360 g/mol. The quantitative estimate of drug-likeness (QED) is 0.400. The monoisotopic (exact) mass is 382 g/mol. The minimum atomic E-state index is 0.683. The number of hydrogen-bond donors (Lipinski definition) is 2. The van der Waals surface area contributed by atoms with E-state index in [4.69, 9.17) is 20.9 Å². The van der Waals surface area contributed by atoms with E-state index in [0.717, 1.165) is 29.4 Å². The van der Waals surface area contributed by atoms with Crippen molar-refractivity contribution in [2.45, 2.75) is 6.42 Å². The minimum Gasteiger partial charge on any atom is -0.457 e. The molecule has 0 saturated heterocycles. The van der Waals surface area contributed by atoms with Gasteiger partial charge in [-0.2, -0.15) is 0 Å². The van der Waals surface area contributed by atoms with Crippen molar-refractivity contribution in [3.63, 3.8) is 0 Å². The molecule has 4 nitrogen and oxygen atoms in total. The molecule has 0 amide bonds. The van der Waals surface area contributed by atoms with Gasteiger partial charge in [-0.05, 0) is 66.1 Å². The van der Waals surface area contributed by atoms with E-state index in [1.165, 1.54) is 11.1 Å². The van der Waals surface area contributed by atoms with E-state index in [0.29, 0.717) is 11.4 Å². The number of nitrogens with two attached hydrogens (primary N) is 2. The summed E-state index contributed by atoms with van der Waals surface area (Å²) in [5.41, 5.74) is 15.3. The lowest BCUT2D eigenvalue weighted by atomic mass is 10.0. The third kappa shape index (κ3) is 5.08. The van der Waals surface area contributed by atoms with Crippen LogP contribution < -0.4 is 20.9 Å². The van der Waals surface area contributed by atoms with Crippen LogP contribution in [0.15, 0.2) is 97.1 Å². The van der Waals surface area contributed by atoms with Crippen LogP contribution in [0.5, 0.6) is 23.0 Å². The molecule has 0 atom stereocenters. The molecule has 4 N–H and O–H groups in total. The molecule has 0 heterocycles. The van der Waals surface area contributed by atoms with Crippen LogP contribution in [0.2, 0.25) is 0 Å². The average molecular weight is 382 g/mol. The van der Waals surface area contributed by atoms with Gasteiger partial charge in [-0.1, -0.05) is 36.4 Å². The zero-order valence-corrected chi connectivity index (χ0v) is 15.9. The summed E-state index contributed by atoms with van der Waals surface area (Å²) >= 11 is 0. The molecule has 144 valence electrons. The Balaban J connectivity index is 1.37. The van der Waals surface area contributed by atoms with Gasteiger partial charge in [0.15, 0.2) is 0 Å². The van der Waals surface area contributed by atoms with Crippen LogP contribution in [0.4, 0.5) is 11.4 Å². The second-order valence-electron chi connectivity index (χ2n) is 6.81. The molecule has 4 rings (SSSR count). The Bertz CT molecular complexity index is 1000. The first kappa shape index (κ1) is 18.4. The molecule has 0 aliphatic heterocycles. The lowest BCUT2D eigenvalue weighted by Crippen LogP contribution is -1.91. The standard InChI is InChI=1S/C25H22N2O2/c26-20-3-1-5-24(16-20)28-22-11-7-18(8-12-22)15-19-9-13-23(14-10-19)29-25-6-2-4-21(27)17-25/h1-14,16-17H,15,26-27H2. The Morgan fingerprint density at radius 3 is 1.28 bits per heavy atom. The van der Waals surface area contributed by atoms with Crippen molar-refractivity contribution in [3.05, 3.63) is 108 Å². The molecule has 0 aromatic heterocycles. The van der Waals surface area contributed by atoms with Gasteiger partial charge in [0.25, 0.3) is 0 Å². The largest absolute Gasteiger partial charge is 0.457 e. The Kier molecular flexibility index (Phi) is 5.34. The number of anilines is 2. The van der Waals surface area contributed by atoms with E-state index in [9.17, 15) is 0 Å². The summed E-state index contributed by atoms with van der Waals surface area (Å²) < 4.78 is 11.7. The van der Waals surface area contributed by atoms with Crippen molar-refractivity contribution in [2.75, 3.05) is 11.5 Å². The van der Waals surface area contributed by atoms with Crippen molar-refractivity contribution >= 4 is 11.4 Å². The van der Waals surface area contributed by atoms with Gasteiger partial charge in [0.1, 0.15) is 23.0 Å². The van der Waals surface area contributed by atoms with Gasteiger partial charge in [0, 0.05) is 23.5 Å². The van der Waals surface area contributed by atoms with Crippen LogP contribution in [0.1, 0.15) is 11.1 Å². The first-order valence-electron chi connectivity index (χ1n) is 9.39. The number of nitrogen functional groups attached to an aromatic ring is 2. The molecule has 0 bridgehead atoms. The minimum absolute atomic E-state index is 0.683. The van der Waals surface area contributed by atoms with Crippen molar-refractivity contribution in [1.82, 2.24) is 0 Å². The van der Waals surface area contributed by atoms with Crippen LogP contribution in [0, 0.1) is 0 Å². The second-order valence-corrected chi connectivity index (χ2v) is 6.81. The molecule has 0 aliphatic carbocycles. The molecule has 0 aliphatic rings. The fraction of sp³-hybridized carbons (Fsp3) is 0.0400. The summed E-state index contributed by atoms with van der Waals surface area (Å²) in [5, 5.41) is 0. The summed E-state index contributed by atoms with van der Waals surface area (Å²) in [6.45, 7) is 0. The number of hydrogen-bond acceptors (Lipinski definition) is 4. The highest BCUT2D eigenvalue weighted by Gasteiger charge is 2.02. The van der Waals surface area contributed by atoms with E-state index in [2.05, 4.69) is 24.3 Å². The number of rotatable bonds is 6. The first-order chi connectivity index (χ1) is 14.1. The van der Waals surface area contributed by atoms with Gasteiger partial charge in [-0.15, -0.1) is 0 Å². The zero-order valence-electron chi connectivity index (χ0n) is 15.9. The van der Waals surface area contributed by atoms with Gasteiger partial charge in [-0.25, -0.2) is 0 Å². The average Bonchev–Trinajstić information content (AvgIpc) is 2.71. The Hall–Kier alpha value is -3.92. The summed E-state index contributed by atoms with van der Waals surface area (Å²) in [6, 6.07) is 31.0. The number of benzene rings is 4. The van der Waals surface area contributed by atoms with Gasteiger partial charge < -0.3 is 20.9 Å². The van der Waals surface area contributed by atoms with E-state index in [1.807, 2.05) is 60.7 Å². The fourth-order valence-corrected chi connectivity index (χ4v) is 3.01. The summed E-state index contributed by atoms with van der Waals surface area (Å²) in [7, 11) is 0. The molecule has 0 spiro atoms. The highest BCUT2D eigenvalue weighted by Crippen LogP contribution is 2.26. The smallest absolute Gasteiger partial charge is 0.129 e. The lowest BCUT2D eigenvalue weighted by Gasteiger charge is -2.09. The van der Waals surface area contributed by atoms with Crippen LogP contribution in [-0.2, 0) is 6.42 Å². The van der Waals surface area contributed by atoms with Crippen LogP contribution in [-0.4, -0.2) is 0 Å². The maximum absolute atomic E-state index is 5.84. The highest BCUT2D eigenvalue weighted by molar-refractivity contribution is 5.46. The normalized spacial score (nSPS) is 10.5. The lowest BCUT2D eigenvalue weighted by molar-refractivity contribution is 0.483. The predicted octanol–water partition coefficient (Wildman–Crippen LogP) is 6.03. The third-order valence-electron chi connectivity index (χ3n) is 4.44. The Morgan fingerprint density at radius 2 is 0.897 bits per heavy atom. The highest BCUT2D eigenvalue weighted by atomic mass is 16.5. The SMILES string of the molecule is Nc1cccc(Oc2ccc(Cc3ccc(Oc4cccc(N)c4)cc3)cc2)c1. The van der Waals surface area contributed by atoms with Gasteiger partial charge >= 0.3 is 0 Å². The van der Waals surface area contributed by atoms with Crippen LogP contribution in [0.25, 0.3) is 0 Å². The van der Waals surface area contributed by atoms with Crippen molar-refractivity contribution < 1.29 is 9.47 Å². The first-order valence-corrected chi connectivity index (χ1v) is 9.39. The molecule has 4 heteroatoms. The number of ether oxygens (including phenoxy) is 2. The molecule has 4 aromatic rings. The fourth-order valence-electron chi connectivity index (χ4n) is 3.01. The van der Waals surface area contributed by atoms with Crippen molar-refractivity contribution in [3.8, 4) is 23.0 Å². The Morgan fingerprint density at radius 1 is 0.483 bits per heavy atom. The zero-order chi connectivity index (χ0) is 20.1. The van der Waals surface area contributed by atoms with Gasteiger partial charge in [0.2, 0.25) is 0 Å². The van der Waals surface area contributed by atoms with Crippen LogP contribution >= 0.6 is 0 Å². The maximum atomic E-state index is 5.84. The van der Waals surface area contributed by atoms with Gasteiger partial charge in [0.05, 0.1) is 0 Å². The summed E-state index contributed by atoms with van der Waals surface area (Å²) in [6.07, 6.45) is 0.830. The topological polar surface area (TPSA) is 70.5 Å². The van der Waals surface area contributed by atoms with E-state index >= 15 is 0 Å². The van der Waals surface area contributed by atoms with Crippen molar-refractivity contribution in [2.24, 2.45) is 0 Å². The van der Waals surface area contributed by atoms with E-state index in [-0.39, 0.29) is 0 Å². The molecule has 0 radical (unpaired) electrons. The predicted molar refractivity (Wildman–Crippen MR) is 118 cm³/mol. The third-order valence-corrected chi connectivity index (χ3v) is 4.44. The Labute approximate surface area is 170 Å². The van der Waals surface area contributed by atoms with Gasteiger partial charge in [-0.3, -0.25) is 0 Å². The second kappa shape index (κ2) is 8.40. The molecule has 4 aromatic carbocycles. The van der Waals surface area contributed by atoms with E-state index in [1.54, 1.807) is 12.1 Å². The maximum Gasteiger partial charge on any atom is 0.129 e. The summed E-state index contributed by atoms with van der Waals surface area (Å²) in [4.78, 5) is 0.